The van der Waals surface area contributed by atoms with E-state index in [0.29, 0.717) is 18.0 Å². The van der Waals surface area contributed by atoms with Crippen molar-refractivity contribution in [3.63, 3.8) is 0 Å². The van der Waals surface area contributed by atoms with E-state index >= 15 is 0 Å². The van der Waals surface area contributed by atoms with Gasteiger partial charge in [-0.05, 0) is 56.3 Å². The van der Waals surface area contributed by atoms with Crippen molar-refractivity contribution in [2.24, 2.45) is 17.8 Å². The summed E-state index contributed by atoms with van der Waals surface area (Å²) in [7, 11) is 0. The van der Waals surface area contributed by atoms with Crippen molar-refractivity contribution in [1.82, 2.24) is 10.6 Å². The largest absolute Gasteiger partial charge is 0.335 e. The number of amides is 2. The third-order valence-corrected chi connectivity index (χ3v) is 6.51. The van der Waals surface area contributed by atoms with Crippen LogP contribution in [0.3, 0.4) is 0 Å². The van der Waals surface area contributed by atoms with Crippen molar-refractivity contribution in [2.75, 3.05) is 0 Å². The molecule has 0 radical (unpaired) electrons. The average Bonchev–Trinajstić information content (AvgIpc) is 2.97. The van der Waals surface area contributed by atoms with Gasteiger partial charge in [0.25, 0.3) is 0 Å². The van der Waals surface area contributed by atoms with E-state index in [1.165, 1.54) is 77.0 Å². The molecule has 0 aromatic rings. The normalized spacial score (nSPS) is 38.3. The number of fused-ring (bicyclic) bond motifs is 1. The van der Waals surface area contributed by atoms with Crippen LogP contribution in [0.25, 0.3) is 0 Å². The van der Waals surface area contributed by atoms with Crippen LogP contribution < -0.4 is 10.6 Å². The molecule has 0 heterocycles. The molecule has 3 fully saturated rings. The van der Waals surface area contributed by atoms with E-state index in [4.69, 9.17) is 0 Å². The Morgan fingerprint density at radius 3 is 2.59 bits per heavy atom. The molecule has 0 saturated heterocycles. The number of nitrogens with one attached hydrogen (secondary N) is 2. The molecule has 5 unspecified atom stereocenters. The van der Waals surface area contributed by atoms with Crippen molar-refractivity contribution < 1.29 is 4.79 Å². The molecular formula is C19H34N2O. The fourth-order valence-corrected chi connectivity index (χ4v) is 5.34. The standard InChI is InChI=1S/C19H34N2O/c1-2-6-15-7-3-4-10-18(15)21-19(22)20-17-12-11-14-8-5-9-16(14)13-17/h14-18H,2-13H2,1H3,(H2,20,21,22). The van der Waals surface area contributed by atoms with Gasteiger partial charge in [0.15, 0.2) is 0 Å². The molecule has 0 aromatic heterocycles. The minimum Gasteiger partial charge on any atom is -0.335 e. The van der Waals surface area contributed by atoms with Crippen molar-refractivity contribution in [2.45, 2.75) is 96.1 Å². The van der Waals surface area contributed by atoms with Gasteiger partial charge in [-0.3, -0.25) is 0 Å². The van der Waals surface area contributed by atoms with E-state index in [-0.39, 0.29) is 6.03 Å². The molecule has 2 N–H and O–H groups in total. The topological polar surface area (TPSA) is 41.1 Å². The number of hydrogen-bond acceptors (Lipinski definition) is 1. The summed E-state index contributed by atoms with van der Waals surface area (Å²) >= 11 is 0. The highest BCUT2D eigenvalue weighted by Crippen LogP contribution is 2.42. The molecule has 3 rings (SSSR count). The lowest BCUT2D eigenvalue weighted by Gasteiger charge is -2.35. The molecule has 3 heteroatoms. The monoisotopic (exact) mass is 306 g/mol. The van der Waals surface area contributed by atoms with Crippen LogP contribution in [0.15, 0.2) is 0 Å². The van der Waals surface area contributed by atoms with Crippen molar-refractivity contribution in [1.29, 1.82) is 0 Å². The van der Waals surface area contributed by atoms with Gasteiger partial charge in [0.2, 0.25) is 0 Å². The maximum Gasteiger partial charge on any atom is 0.315 e. The van der Waals surface area contributed by atoms with Gasteiger partial charge >= 0.3 is 6.03 Å². The van der Waals surface area contributed by atoms with Crippen LogP contribution in [-0.2, 0) is 0 Å². The molecule has 3 nitrogen and oxygen atoms in total. The second-order valence-electron chi connectivity index (χ2n) is 8.02. The third-order valence-electron chi connectivity index (χ3n) is 6.51. The minimum absolute atomic E-state index is 0.106. The Morgan fingerprint density at radius 1 is 0.909 bits per heavy atom. The summed E-state index contributed by atoms with van der Waals surface area (Å²) in [6.07, 6.45) is 15.6. The molecule has 0 aromatic carbocycles. The summed E-state index contributed by atoms with van der Waals surface area (Å²) in [5.41, 5.74) is 0. The fourth-order valence-electron chi connectivity index (χ4n) is 5.34. The van der Waals surface area contributed by atoms with E-state index in [9.17, 15) is 4.79 Å². The number of rotatable bonds is 4. The summed E-state index contributed by atoms with van der Waals surface area (Å²) in [4.78, 5) is 12.4. The maximum atomic E-state index is 12.4. The molecule has 22 heavy (non-hydrogen) atoms. The molecule has 0 spiro atoms. The van der Waals surface area contributed by atoms with Crippen LogP contribution in [0.4, 0.5) is 4.79 Å². The van der Waals surface area contributed by atoms with Gasteiger partial charge in [0, 0.05) is 12.1 Å². The van der Waals surface area contributed by atoms with E-state index in [2.05, 4.69) is 17.6 Å². The Labute approximate surface area is 136 Å². The summed E-state index contributed by atoms with van der Waals surface area (Å²) in [6.45, 7) is 2.26. The van der Waals surface area contributed by atoms with E-state index in [1.54, 1.807) is 0 Å². The first kappa shape index (κ1) is 16.1. The Morgan fingerprint density at radius 2 is 1.73 bits per heavy atom. The summed E-state index contributed by atoms with van der Waals surface area (Å²) in [5.74, 6) is 2.56. The average molecular weight is 306 g/mol. The highest BCUT2D eigenvalue weighted by Gasteiger charge is 2.34. The number of urea groups is 1. The molecular weight excluding hydrogens is 272 g/mol. The molecule has 5 atom stereocenters. The number of carbonyl (C=O) groups is 1. The maximum absolute atomic E-state index is 12.4. The molecule has 126 valence electrons. The molecule has 0 aliphatic heterocycles. The molecule has 3 aliphatic carbocycles. The minimum atomic E-state index is 0.106. The number of hydrogen-bond donors (Lipinski definition) is 2. The summed E-state index contributed by atoms with van der Waals surface area (Å²) < 4.78 is 0. The van der Waals surface area contributed by atoms with Crippen molar-refractivity contribution in [3.8, 4) is 0 Å². The van der Waals surface area contributed by atoms with Crippen LogP contribution in [0.5, 0.6) is 0 Å². The lowest BCUT2D eigenvalue weighted by molar-refractivity contribution is 0.193. The predicted molar refractivity (Wildman–Crippen MR) is 90.8 cm³/mol. The van der Waals surface area contributed by atoms with Gasteiger partial charge in [-0.2, -0.15) is 0 Å². The van der Waals surface area contributed by atoms with Gasteiger partial charge in [0.05, 0.1) is 0 Å². The van der Waals surface area contributed by atoms with Crippen LogP contribution in [0.1, 0.15) is 84.0 Å². The van der Waals surface area contributed by atoms with Gasteiger partial charge in [-0.25, -0.2) is 4.79 Å². The van der Waals surface area contributed by atoms with Crippen molar-refractivity contribution >= 4 is 6.03 Å². The van der Waals surface area contributed by atoms with Gasteiger partial charge in [-0.1, -0.05) is 45.4 Å². The van der Waals surface area contributed by atoms with E-state index < -0.39 is 0 Å². The first-order valence-electron chi connectivity index (χ1n) is 9.83. The van der Waals surface area contributed by atoms with E-state index in [0.717, 1.165) is 11.8 Å². The summed E-state index contributed by atoms with van der Waals surface area (Å²) in [6, 6.07) is 0.943. The predicted octanol–water partition coefficient (Wildman–Crippen LogP) is 4.61. The van der Waals surface area contributed by atoms with Crippen LogP contribution in [-0.4, -0.2) is 18.1 Å². The zero-order chi connectivity index (χ0) is 15.4. The highest BCUT2D eigenvalue weighted by atomic mass is 16.2. The molecule has 0 bridgehead atoms. The van der Waals surface area contributed by atoms with E-state index in [1.807, 2.05) is 0 Å². The highest BCUT2D eigenvalue weighted by molar-refractivity contribution is 5.74. The molecule has 3 aliphatic rings. The van der Waals surface area contributed by atoms with Gasteiger partial charge < -0.3 is 10.6 Å². The van der Waals surface area contributed by atoms with Crippen LogP contribution in [0, 0.1) is 17.8 Å². The van der Waals surface area contributed by atoms with Crippen LogP contribution >= 0.6 is 0 Å². The second kappa shape index (κ2) is 7.70. The first-order valence-corrected chi connectivity index (χ1v) is 9.83. The zero-order valence-electron chi connectivity index (χ0n) is 14.3. The smallest absolute Gasteiger partial charge is 0.315 e. The van der Waals surface area contributed by atoms with Crippen LogP contribution in [0.2, 0.25) is 0 Å². The lowest BCUT2D eigenvalue weighted by Crippen LogP contribution is -2.50. The molecule has 3 saturated carbocycles. The zero-order valence-corrected chi connectivity index (χ0v) is 14.3. The SMILES string of the molecule is CCCC1CCCCC1NC(=O)NC1CCC2CCCC2C1. The molecule has 2 amide bonds. The van der Waals surface area contributed by atoms with Crippen molar-refractivity contribution in [3.05, 3.63) is 0 Å². The van der Waals surface area contributed by atoms with Gasteiger partial charge in [-0.15, -0.1) is 0 Å². The Kier molecular flexibility index (Phi) is 5.65. The summed E-state index contributed by atoms with van der Waals surface area (Å²) in [5, 5.41) is 6.60. The first-order chi connectivity index (χ1) is 10.8. The Hall–Kier alpha value is -0.730. The Balaban J connectivity index is 1.45. The Bertz CT molecular complexity index is 368. The van der Waals surface area contributed by atoms with Gasteiger partial charge in [0.1, 0.15) is 0 Å². The lowest BCUT2D eigenvalue weighted by atomic mass is 9.79. The fraction of sp³-hybridized carbons (Fsp3) is 0.947. The quantitative estimate of drug-likeness (QED) is 0.782. The second-order valence-corrected chi connectivity index (χ2v) is 8.02. The number of carbonyl (C=O) groups excluding carboxylic acids is 1. The third kappa shape index (κ3) is 3.97.